The number of hydrogen-bond donors (Lipinski definition) is 1. The Balaban J connectivity index is 1.44. The maximum Gasteiger partial charge on any atom is 0.335 e. The van der Waals surface area contributed by atoms with E-state index in [-0.39, 0.29) is 6.04 Å². The standard InChI is InChI=1S/C33H31NO2/c35-33(36)28-18-22-31(23-19-28)34(29-14-8-3-9-15-29)30-20-16-25(17-21-30)24-32(26-10-4-1-5-11-26)27-12-6-2-7-13-27/h1-2,4-7,10-14,16-20,22-24,30H,3,8-9,15,21H2,(H,35,36). The molecule has 0 radical (unpaired) electrons. The summed E-state index contributed by atoms with van der Waals surface area (Å²) in [5, 5.41) is 9.33. The van der Waals surface area contributed by atoms with E-state index < -0.39 is 5.97 Å². The van der Waals surface area contributed by atoms with E-state index in [0.29, 0.717) is 5.56 Å². The summed E-state index contributed by atoms with van der Waals surface area (Å²) < 4.78 is 0. The van der Waals surface area contributed by atoms with Crippen LogP contribution >= 0.6 is 0 Å². The van der Waals surface area contributed by atoms with Gasteiger partial charge < -0.3 is 10.0 Å². The predicted octanol–water partition coefficient (Wildman–Crippen LogP) is 8.04. The van der Waals surface area contributed by atoms with Crippen LogP contribution in [0.5, 0.6) is 0 Å². The molecule has 0 amide bonds. The molecule has 5 rings (SSSR count). The second kappa shape index (κ2) is 11.1. The fraction of sp³-hybridized carbons (Fsp3) is 0.182. The first-order valence-electron chi connectivity index (χ1n) is 12.7. The maximum atomic E-state index is 11.4. The van der Waals surface area contributed by atoms with Gasteiger partial charge in [-0.1, -0.05) is 85.0 Å². The molecule has 3 aromatic carbocycles. The van der Waals surface area contributed by atoms with Gasteiger partial charge in [-0.25, -0.2) is 4.79 Å². The fourth-order valence-corrected chi connectivity index (χ4v) is 5.03. The summed E-state index contributed by atoms with van der Waals surface area (Å²) in [5.74, 6) is -0.894. The molecule has 2 aliphatic rings. The first-order valence-corrected chi connectivity index (χ1v) is 12.7. The van der Waals surface area contributed by atoms with Gasteiger partial charge in [0, 0.05) is 11.4 Å². The van der Waals surface area contributed by atoms with Crippen LogP contribution in [0.3, 0.4) is 0 Å². The van der Waals surface area contributed by atoms with Crippen LogP contribution in [0.4, 0.5) is 5.69 Å². The molecule has 0 heterocycles. The number of rotatable bonds is 7. The summed E-state index contributed by atoms with van der Waals surface area (Å²) in [6, 6.07) is 28.5. The van der Waals surface area contributed by atoms with Gasteiger partial charge in [-0.2, -0.15) is 0 Å². The second-order valence-corrected chi connectivity index (χ2v) is 9.32. The first kappa shape index (κ1) is 23.6. The molecule has 3 heteroatoms. The van der Waals surface area contributed by atoms with E-state index in [1.807, 2.05) is 24.3 Å². The van der Waals surface area contributed by atoms with Gasteiger partial charge in [0.25, 0.3) is 0 Å². The van der Waals surface area contributed by atoms with E-state index in [0.717, 1.165) is 24.9 Å². The van der Waals surface area contributed by atoms with Crippen molar-refractivity contribution >= 4 is 17.2 Å². The van der Waals surface area contributed by atoms with Crippen molar-refractivity contribution in [2.45, 2.75) is 38.1 Å². The van der Waals surface area contributed by atoms with Crippen molar-refractivity contribution in [1.29, 1.82) is 0 Å². The third kappa shape index (κ3) is 5.41. The number of carboxylic acid groups (broad SMARTS) is 1. The van der Waals surface area contributed by atoms with Crippen LogP contribution in [0.1, 0.15) is 53.6 Å². The zero-order valence-corrected chi connectivity index (χ0v) is 20.4. The average Bonchev–Trinajstić information content (AvgIpc) is 2.94. The van der Waals surface area contributed by atoms with Crippen molar-refractivity contribution in [2.24, 2.45) is 0 Å². The lowest BCUT2D eigenvalue weighted by molar-refractivity contribution is 0.0697. The Morgan fingerprint density at radius 3 is 2.00 bits per heavy atom. The van der Waals surface area contributed by atoms with Crippen LogP contribution in [-0.4, -0.2) is 17.1 Å². The van der Waals surface area contributed by atoms with Gasteiger partial charge in [-0.3, -0.25) is 0 Å². The van der Waals surface area contributed by atoms with Crippen LogP contribution in [0.2, 0.25) is 0 Å². The van der Waals surface area contributed by atoms with Crippen LogP contribution in [0.25, 0.3) is 5.57 Å². The van der Waals surface area contributed by atoms with E-state index >= 15 is 0 Å². The van der Waals surface area contributed by atoms with Crippen molar-refractivity contribution in [3.05, 3.63) is 143 Å². The van der Waals surface area contributed by atoms with Gasteiger partial charge in [-0.15, -0.1) is 0 Å². The van der Waals surface area contributed by atoms with Crippen LogP contribution in [0.15, 0.2) is 127 Å². The lowest BCUT2D eigenvalue weighted by Crippen LogP contribution is -2.34. The summed E-state index contributed by atoms with van der Waals surface area (Å²) >= 11 is 0. The minimum atomic E-state index is -0.894. The third-order valence-corrected chi connectivity index (χ3v) is 6.89. The molecule has 3 aromatic rings. The molecule has 3 nitrogen and oxygen atoms in total. The molecule has 0 saturated carbocycles. The molecular weight excluding hydrogens is 442 g/mol. The molecule has 0 saturated heterocycles. The van der Waals surface area contributed by atoms with E-state index in [4.69, 9.17) is 0 Å². The Morgan fingerprint density at radius 2 is 1.47 bits per heavy atom. The molecule has 1 unspecified atom stereocenters. The van der Waals surface area contributed by atoms with Gasteiger partial charge >= 0.3 is 5.97 Å². The number of benzene rings is 3. The molecule has 0 spiro atoms. The number of allylic oxidation sites excluding steroid dienone is 5. The molecule has 0 bridgehead atoms. The van der Waals surface area contributed by atoms with E-state index in [1.165, 1.54) is 40.8 Å². The number of aromatic carboxylic acids is 1. The lowest BCUT2D eigenvalue weighted by atomic mass is 9.92. The molecule has 2 aliphatic carbocycles. The number of hydrogen-bond acceptors (Lipinski definition) is 2. The van der Waals surface area contributed by atoms with Crippen LogP contribution in [-0.2, 0) is 0 Å². The Morgan fingerprint density at radius 1 is 0.806 bits per heavy atom. The highest BCUT2D eigenvalue weighted by Crippen LogP contribution is 2.33. The number of carbonyl (C=O) groups is 1. The SMILES string of the molecule is O=C(O)c1ccc(N(C2=CCCCC2)C2C=CC(C=C(c3ccccc3)c3ccccc3)=CC2)cc1. The van der Waals surface area contributed by atoms with Crippen molar-refractivity contribution in [3.63, 3.8) is 0 Å². The highest BCUT2D eigenvalue weighted by Gasteiger charge is 2.23. The number of nitrogens with zero attached hydrogens (tertiary/aromatic N) is 1. The fourth-order valence-electron chi connectivity index (χ4n) is 5.03. The van der Waals surface area contributed by atoms with E-state index in [2.05, 4.69) is 83.8 Å². The summed E-state index contributed by atoms with van der Waals surface area (Å²) in [5.41, 5.74) is 7.51. The molecule has 0 aliphatic heterocycles. The summed E-state index contributed by atoms with van der Waals surface area (Å²) in [7, 11) is 0. The molecule has 1 N–H and O–H groups in total. The maximum absolute atomic E-state index is 11.4. The summed E-state index contributed by atoms with van der Waals surface area (Å²) in [6.07, 6.45) is 16.9. The molecule has 1 atom stereocenters. The topological polar surface area (TPSA) is 40.5 Å². The molecule has 0 aromatic heterocycles. The third-order valence-electron chi connectivity index (χ3n) is 6.89. The summed E-state index contributed by atoms with van der Waals surface area (Å²) in [6.45, 7) is 0. The van der Waals surface area contributed by atoms with Crippen molar-refractivity contribution in [2.75, 3.05) is 4.90 Å². The zero-order chi connectivity index (χ0) is 24.7. The number of carboxylic acids is 1. The molecule has 180 valence electrons. The molecule has 36 heavy (non-hydrogen) atoms. The van der Waals surface area contributed by atoms with Gasteiger partial charge in [0.15, 0.2) is 0 Å². The molecular formula is C33H31NO2. The zero-order valence-electron chi connectivity index (χ0n) is 20.4. The monoisotopic (exact) mass is 473 g/mol. The average molecular weight is 474 g/mol. The summed E-state index contributed by atoms with van der Waals surface area (Å²) in [4.78, 5) is 13.8. The van der Waals surface area contributed by atoms with Crippen LogP contribution < -0.4 is 4.90 Å². The highest BCUT2D eigenvalue weighted by atomic mass is 16.4. The van der Waals surface area contributed by atoms with Gasteiger partial charge in [-0.05, 0) is 84.7 Å². The minimum Gasteiger partial charge on any atom is -0.478 e. The Kier molecular flexibility index (Phi) is 7.28. The van der Waals surface area contributed by atoms with Crippen LogP contribution in [0, 0.1) is 0 Å². The number of anilines is 1. The normalized spacial score (nSPS) is 17.1. The van der Waals surface area contributed by atoms with E-state index in [9.17, 15) is 9.90 Å². The Hall–Kier alpha value is -4.11. The van der Waals surface area contributed by atoms with Gasteiger partial charge in [0.1, 0.15) is 0 Å². The molecule has 0 fully saturated rings. The first-order chi connectivity index (χ1) is 17.7. The Labute approximate surface area is 213 Å². The van der Waals surface area contributed by atoms with Crippen molar-refractivity contribution in [3.8, 4) is 0 Å². The van der Waals surface area contributed by atoms with Crippen molar-refractivity contribution < 1.29 is 9.90 Å². The largest absolute Gasteiger partial charge is 0.478 e. The Bertz CT molecular complexity index is 1270. The van der Waals surface area contributed by atoms with E-state index in [1.54, 1.807) is 12.1 Å². The minimum absolute atomic E-state index is 0.194. The quantitative estimate of drug-likeness (QED) is 0.377. The van der Waals surface area contributed by atoms with Gasteiger partial charge in [0.2, 0.25) is 0 Å². The predicted molar refractivity (Wildman–Crippen MR) is 148 cm³/mol. The lowest BCUT2D eigenvalue weighted by Gasteiger charge is -2.36. The van der Waals surface area contributed by atoms with Crippen molar-refractivity contribution in [1.82, 2.24) is 0 Å². The smallest absolute Gasteiger partial charge is 0.335 e. The second-order valence-electron chi connectivity index (χ2n) is 9.32. The highest BCUT2D eigenvalue weighted by molar-refractivity contribution is 5.88. The van der Waals surface area contributed by atoms with Gasteiger partial charge in [0.05, 0.1) is 11.6 Å².